The molecule has 0 radical (unpaired) electrons. The van der Waals surface area contributed by atoms with E-state index in [9.17, 15) is 4.79 Å². The lowest BCUT2D eigenvalue weighted by atomic mass is 9.70. The monoisotopic (exact) mass is 278 g/mol. The molecule has 0 bridgehead atoms. The average molecular weight is 278 g/mol. The maximum absolute atomic E-state index is 12.2. The molecule has 1 rings (SSSR count). The van der Waals surface area contributed by atoms with Crippen LogP contribution in [0.3, 0.4) is 0 Å². The molecule has 0 atom stereocenters. The molecule has 0 N–H and O–H groups in total. The Morgan fingerprint density at radius 2 is 1.45 bits per heavy atom. The molecular formula is C18H30O2. The van der Waals surface area contributed by atoms with Gasteiger partial charge in [-0.3, -0.25) is 0 Å². The van der Waals surface area contributed by atoms with Gasteiger partial charge in [0.2, 0.25) is 0 Å². The molecule has 114 valence electrons. The van der Waals surface area contributed by atoms with Gasteiger partial charge in [0.15, 0.2) is 0 Å². The first-order chi connectivity index (χ1) is 9.70. The van der Waals surface area contributed by atoms with Crippen LogP contribution < -0.4 is 5.63 Å². The van der Waals surface area contributed by atoms with Crippen LogP contribution in [0.5, 0.6) is 0 Å². The Labute approximate surface area is 123 Å². The van der Waals surface area contributed by atoms with Crippen molar-refractivity contribution in [3.63, 3.8) is 0 Å². The van der Waals surface area contributed by atoms with Crippen LogP contribution in [0.1, 0.15) is 84.1 Å². The smallest absolute Gasteiger partial charge is 0.339 e. The summed E-state index contributed by atoms with van der Waals surface area (Å²) in [7, 11) is 0. The Bertz CT molecular complexity index is 398. The minimum absolute atomic E-state index is 0.0316. The quantitative estimate of drug-likeness (QED) is 0.570. The molecule has 0 aliphatic heterocycles. The molecule has 1 aromatic heterocycles. The topological polar surface area (TPSA) is 30.2 Å². The molecule has 0 amide bonds. The summed E-state index contributed by atoms with van der Waals surface area (Å²) in [5.41, 5.74) is 0.815. The van der Waals surface area contributed by atoms with Gasteiger partial charge in [-0.25, -0.2) is 4.79 Å². The standard InChI is InChI=1S/C18H30O2/c1-4-7-12-18(13-8-5-2,14-9-6-3)16-11-10-15-20-17(16)19/h10-11,15H,4-9,12-14H2,1-3H3. The van der Waals surface area contributed by atoms with Crippen molar-refractivity contribution >= 4 is 0 Å². The Morgan fingerprint density at radius 1 is 0.950 bits per heavy atom. The van der Waals surface area contributed by atoms with Crippen molar-refractivity contribution < 1.29 is 4.42 Å². The van der Waals surface area contributed by atoms with E-state index in [1.54, 1.807) is 0 Å². The summed E-state index contributed by atoms with van der Waals surface area (Å²) in [6.45, 7) is 6.66. The number of rotatable bonds is 10. The van der Waals surface area contributed by atoms with Crippen LogP contribution in [0.15, 0.2) is 27.6 Å². The molecular weight excluding hydrogens is 248 g/mol. The molecule has 1 heterocycles. The van der Waals surface area contributed by atoms with Gasteiger partial charge in [0, 0.05) is 11.0 Å². The minimum Gasteiger partial charge on any atom is -0.431 e. The van der Waals surface area contributed by atoms with Gasteiger partial charge in [0.05, 0.1) is 6.26 Å². The second-order valence-electron chi connectivity index (χ2n) is 5.91. The highest BCUT2D eigenvalue weighted by molar-refractivity contribution is 5.21. The fraction of sp³-hybridized carbons (Fsp3) is 0.722. The van der Waals surface area contributed by atoms with Gasteiger partial charge < -0.3 is 4.42 Å². The molecule has 2 heteroatoms. The Kier molecular flexibility index (Phi) is 7.64. The van der Waals surface area contributed by atoms with Crippen LogP contribution in [-0.4, -0.2) is 0 Å². The number of hydrogen-bond acceptors (Lipinski definition) is 2. The van der Waals surface area contributed by atoms with Gasteiger partial charge in [-0.1, -0.05) is 59.3 Å². The summed E-state index contributed by atoms with van der Waals surface area (Å²) in [4.78, 5) is 12.2. The van der Waals surface area contributed by atoms with Gasteiger partial charge >= 0.3 is 5.63 Å². The van der Waals surface area contributed by atoms with Gasteiger partial charge in [-0.15, -0.1) is 0 Å². The SMILES string of the molecule is CCCCC(CCCC)(CCCC)c1cccoc1=O. The van der Waals surface area contributed by atoms with E-state index in [-0.39, 0.29) is 11.0 Å². The van der Waals surface area contributed by atoms with E-state index < -0.39 is 0 Å². The molecule has 0 saturated carbocycles. The molecule has 0 unspecified atom stereocenters. The van der Waals surface area contributed by atoms with Crippen molar-refractivity contribution in [1.29, 1.82) is 0 Å². The summed E-state index contributed by atoms with van der Waals surface area (Å²) in [6.07, 6.45) is 11.9. The third-order valence-electron chi connectivity index (χ3n) is 4.33. The molecule has 0 saturated heterocycles. The van der Waals surface area contributed by atoms with E-state index in [0.29, 0.717) is 0 Å². The summed E-state index contributed by atoms with van der Waals surface area (Å²) < 4.78 is 5.15. The Morgan fingerprint density at radius 3 is 1.85 bits per heavy atom. The van der Waals surface area contributed by atoms with E-state index in [1.165, 1.54) is 44.8 Å². The van der Waals surface area contributed by atoms with E-state index in [0.717, 1.165) is 24.8 Å². The summed E-state index contributed by atoms with van der Waals surface area (Å²) in [5.74, 6) is 0. The van der Waals surface area contributed by atoms with Crippen molar-refractivity contribution in [1.82, 2.24) is 0 Å². The fourth-order valence-electron chi connectivity index (χ4n) is 3.09. The van der Waals surface area contributed by atoms with Gasteiger partial charge in [-0.2, -0.15) is 0 Å². The van der Waals surface area contributed by atoms with E-state index in [4.69, 9.17) is 4.42 Å². The zero-order chi connectivity index (χ0) is 14.8. The Balaban J connectivity index is 3.12. The summed E-state index contributed by atoms with van der Waals surface area (Å²) in [5, 5.41) is 0. The lowest BCUT2D eigenvalue weighted by molar-refractivity contribution is 0.297. The van der Waals surface area contributed by atoms with Gasteiger partial charge in [-0.05, 0) is 31.4 Å². The number of hydrogen-bond donors (Lipinski definition) is 0. The van der Waals surface area contributed by atoms with Crippen LogP contribution in [0.25, 0.3) is 0 Å². The van der Waals surface area contributed by atoms with E-state index >= 15 is 0 Å². The normalized spacial score (nSPS) is 11.8. The van der Waals surface area contributed by atoms with Crippen LogP contribution in [0.2, 0.25) is 0 Å². The first-order valence-corrected chi connectivity index (χ1v) is 8.28. The van der Waals surface area contributed by atoms with Crippen molar-refractivity contribution in [3.8, 4) is 0 Å². The second-order valence-corrected chi connectivity index (χ2v) is 5.91. The molecule has 0 aromatic carbocycles. The summed E-state index contributed by atoms with van der Waals surface area (Å²) in [6, 6.07) is 3.86. The molecule has 0 aliphatic carbocycles. The zero-order valence-corrected chi connectivity index (χ0v) is 13.4. The predicted octanol–water partition coefficient (Wildman–Crippen LogP) is 5.45. The molecule has 0 spiro atoms. The minimum atomic E-state index is -0.129. The highest BCUT2D eigenvalue weighted by Crippen LogP contribution is 2.38. The van der Waals surface area contributed by atoms with E-state index in [1.807, 2.05) is 12.1 Å². The highest BCUT2D eigenvalue weighted by Gasteiger charge is 2.33. The van der Waals surface area contributed by atoms with Crippen LogP contribution in [-0.2, 0) is 5.41 Å². The third-order valence-corrected chi connectivity index (χ3v) is 4.33. The van der Waals surface area contributed by atoms with E-state index in [2.05, 4.69) is 20.8 Å². The van der Waals surface area contributed by atoms with Crippen LogP contribution in [0.4, 0.5) is 0 Å². The second kappa shape index (κ2) is 8.99. The average Bonchev–Trinajstić information content (AvgIpc) is 2.48. The maximum Gasteiger partial charge on any atom is 0.339 e. The van der Waals surface area contributed by atoms with Crippen molar-refractivity contribution in [3.05, 3.63) is 34.4 Å². The molecule has 1 aromatic rings. The first kappa shape index (κ1) is 17.0. The molecule has 0 aliphatic rings. The highest BCUT2D eigenvalue weighted by atomic mass is 16.4. The van der Waals surface area contributed by atoms with Crippen molar-refractivity contribution in [2.24, 2.45) is 0 Å². The fourth-order valence-corrected chi connectivity index (χ4v) is 3.09. The maximum atomic E-state index is 12.2. The number of unbranched alkanes of at least 4 members (excludes halogenated alkanes) is 3. The predicted molar refractivity (Wildman–Crippen MR) is 85.2 cm³/mol. The lowest BCUT2D eigenvalue weighted by Gasteiger charge is -2.33. The van der Waals surface area contributed by atoms with Crippen molar-refractivity contribution in [2.75, 3.05) is 0 Å². The zero-order valence-electron chi connectivity index (χ0n) is 13.4. The largest absolute Gasteiger partial charge is 0.431 e. The van der Waals surface area contributed by atoms with Gasteiger partial charge in [0.1, 0.15) is 0 Å². The van der Waals surface area contributed by atoms with Gasteiger partial charge in [0.25, 0.3) is 0 Å². The third kappa shape index (κ3) is 4.50. The molecule has 2 nitrogen and oxygen atoms in total. The Hall–Kier alpha value is -1.05. The van der Waals surface area contributed by atoms with Crippen molar-refractivity contribution in [2.45, 2.75) is 84.0 Å². The molecule has 20 heavy (non-hydrogen) atoms. The summed E-state index contributed by atoms with van der Waals surface area (Å²) >= 11 is 0. The van der Waals surface area contributed by atoms with Crippen LogP contribution in [0, 0.1) is 0 Å². The lowest BCUT2D eigenvalue weighted by Crippen LogP contribution is -2.32. The first-order valence-electron chi connectivity index (χ1n) is 8.28. The molecule has 0 fully saturated rings. The van der Waals surface area contributed by atoms with Crippen LogP contribution >= 0.6 is 0 Å².